The lowest BCUT2D eigenvalue weighted by Crippen LogP contribution is -2.21. The van der Waals surface area contributed by atoms with Crippen molar-refractivity contribution in [3.05, 3.63) is 184 Å². The van der Waals surface area contributed by atoms with Crippen molar-refractivity contribution in [2.24, 2.45) is 0 Å². The van der Waals surface area contributed by atoms with E-state index in [0.717, 1.165) is 17.7 Å². The molecule has 0 unspecified atom stereocenters. The van der Waals surface area contributed by atoms with Gasteiger partial charge in [-0.1, -0.05) is 66.7 Å². The van der Waals surface area contributed by atoms with Crippen molar-refractivity contribution >= 4 is 17.1 Å². The van der Waals surface area contributed by atoms with Crippen molar-refractivity contribution in [3.8, 4) is 44.5 Å². The number of hydrogen-bond acceptors (Lipinski definition) is 1. The van der Waals surface area contributed by atoms with Gasteiger partial charge in [0, 0.05) is 5.69 Å². The fourth-order valence-electron chi connectivity index (χ4n) is 6.38. The Balaban J connectivity index is 1.49. The van der Waals surface area contributed by atoms with E-state index in [2.05, 4.69) is 0 Å². The van der Waals surface area contributed by atoms with E-state index in [-0.39, 0.29) is 5.56 Å². The topological polar surface area (TPSA) is 3.24 Å². The smallest absolute Gasteiger partial charge is 0.200 e. The van der Waals surface area contributed by atoms with Crippen LogP contribution in [0.2, 0.25) is 0 Å². The molecule has 0 spiro atoms. The van der Waals surface area contributed by atoms with Gasteiger partial charge in [0.25, 0.3) is 0 Å². The molecular weight excluding hydrogens is 860 g/mol. The molecule has 0 fully saturated rings. The van der Waals surface area contributed by atoms with Crippen LogP contribution in [0.4, 0.5) is 96.1 Å². The van der Waals surface area contributed by atoms with E-state index < -0.39 is 149 Å². The largest absolute Gasteiger partial charge is 0.300 e. The second kappa shape index (κ2) is 15.6. The molecule has 7 rings (SSSR count). The highest BCUT2D eigenvalue weighted by Crippen LogP contribution is 2.48. The molecule has 0 aliphatic rings. The Hall–Kier alpha value is -6.92. The van der Waals surface area contributed by atoms with E-state index in [1.807, 2.05) is 0 Å². The minimum atomic E-state index is -3.02. The molecule has 7 aromatic rings. The highest BCUT2D eigenvalue weighted by Gasteiger charge is 2.40. The molecule has 0 heterocycles. The molecule has 7 aromatic carbocycles. The van der Waals surface area contributed by atoms with Crippen molar-refractivity contribution in [1.29, 1.82) is 0 Å². The monoisotopic (exact) mass is 873 g/mol. The molecule has 0 aliphatic heterocycles. The molecule has 0 aromatic heterocycles. The Labute approximate surface area is 329 Å². The number of rotatable bonds is 7. The number of nitrogens with zero attached hydrogens (tertiary/aromatic N) is 1. The maximum Gasteiger partial charge on any atom is 0.200 e. The molecule has 0 N–H and O–H groups in total. The second-order valence-electron chi connectivity index (χ2n) is 12.7. The van der Waals surface area contributed by atoms with E-state index in [9.17, 15) is 43.9 Å². The van der Waals surface area contributed by atoms with Gasteiger partial charge in [-0.25, -0.2) is 79.0 Å². The lowest BCUT2D eigenvalue weighted by molar-refractivity contribution is 0.379. The predicted molar refractivity (Wildman–Crippen MR) is 182 cm³/mol. The molecule has 0 bridgehead atoms. The van der Waals surface area contributed by atoms with Crippen LogP contribution in [0.25, 0.3) is 44.5 Å². The summed E-state index contributed by atoms with van der Waals surface area (Å²) in [5.41, 5.74) is -14.3. The van der Waals surface area contributed by atoms with Gasteiger partial charge in [0.1, 0.15) is 11.4 Å². The average molecular weight is 874 g/mol. The predicted octanol–water partition coefficient (Wildman–Crippen LogP) is 14.3. The first-order valence-electron chi connectivity index (χ1n) is 16.6. The third-order valence-electron chi connectivity index (χ3n) is 9.30. The van der Waals surface area contributed by atoms with Gasteiger partial charge in [-0.15, -0.1) is 0 Å². The second-order valence-corrected chi connectivity index (χ2v) is 12.7. The highest BCUT2D eigenvalue weighted by atomic mass is 19.2. The molecular formula is C42H13F18N. The fourth-order valence-corrected chi connectivity index (χ4v) is 6.38. The van der Waals surface area contributed by atoms with Crippen molar-refractivity contribution in [3.63, 3.8) is 0 Å². The standard InChI is InChI=1S/C42H13F18N/c43-23-19(24(44)32(52)35(55)31(23)51)21-27(47)37(57)41(38(58)28(21)48)61(18-12-10-17(11-13-18)16-8-6-15(7-9-16)14-4-2-1-3-5-14)42-39(59)29(49)22(30(50)40(42)60)20-25(45)33(53)36(56)34(54)26(20)46/h1-13H. The van der Waals surface area contributed by atoms with Crippen LogP contribution in [-0.4, -0.2) is 0 Å². The van der Waals surface area contributed by atoms with E-state index in [0.29, 0.717) is 23.3 Å². The van der Waals surface area contributed by atoms with Gasteiger partial charge in [-0.05, 0) is 34.4 Å². The van der Waals surface area contributed by atoms with Crippen LogP contribution in [-0.2, 0) is 0 Å². The Kier molecular flexibility index (Phi) is 10.8. The van der Waals surface area contributed by atoms with E-state index >= 15 is 35.1 Å². The Morgan fingerprint density at radius 1 is 0.213 bits per heavy atom. The zero-order chi connectivity index (χ0) is 44.5. The summed E-state index contributed by atoms with van der Waals surface area (Å²) in [7, 11) is 0. The zero-order valence-electron chi connectivity index (χ0n) is 29.3. The lowest BCUT2D eigenvalue weighted by Gasteiger charge is -2.28. The van der Waals surface area contributed by atoms with Gasteiger partial charge in [-0.2, -0.15) is 0 Å². The highest BCUT2D eigenvalue weighted by molar-refractivity contribution is 5.84. The summed E-state index contributed by atoms with van der Waals surface area (Å²) in [5.74, 6) is -53.2. The van der Waals surface area contributed by atoms with Crippen molar-refractivity contribution < 1.29 is 79.0 Å². The molecule has 312 valence electrons. The third-order valence-corrected chi connectivity index (χ3v) is 9.30. The van der Waals surface area contributed by atoms with E-state index in [4.69, 9.17) is 0 Å². The van der Waals surface area contributed by atoms with Crippen molar-refractivity contribution in [2.75, 3.05) is 4.90 Å². The van der Waals surface area contributed by atoms with Gasteiger partial charge >= 0.3 is 0 Å². The van der Waals surface area contributed by atoms with Crippen LogP contribution in [0.3, 0.4) is 0 Å². The molecule has 0 saturated carbocycles. The Bertz CT molecular complexity index is 2680. The summed E-state index contributed by atoms with van der Waals surface area (Å²) in [6, 6.07) is 18.5. The quantitative estimate of drug-likeness (QED) is 0.0876. The minimum Gasteiger partial charge on any atom is -0.300 e. The summed E-state index contributed by atoms with van der Waals surface area (Å²) >= 11 is 0. The third kappa shape index (κ3) is 6.58. The van der Waals surface area contributed by atoms with Gasteiger partial charge < -0.3 is 0 Å². The van der Waals surface area contributed by atoms with Crippen LogP contribution in [0, 0.1) is 105 Å². The molecule has 0 saturated heterocycles. The summed E-state index contributed by atoms with van der Waals surface area (Å²) in [4.78, 5) is -0.638. The van der Waals surface area contributed by atoms with Crippen LogP contribution in [0.1, 0.15) is 0 Å². The van der Waals surface area contributed by atoms with Crippen LogP contribution in [0.5, 0.6) is 0 Å². The molecule has 0 radical (unpaired) electrons. The van der Waals surface area contributed by atoms with Crippen LogP contribution >= 0.6 is 0 Å². The average Bonchev–Trinajstić information content (AvgIpc) is 3.27. The first-order chi connectivity index (χ1) is 28.8. The molecule has 0 atom stereocenters. The Morgan fingerprint density at radius 3 is 0.705 bits per heavy atom. The van der Waals surface area contributed by atoms with Gasteiger partial charge in [0.15, 0.2) is 93.1 Å². The first-order valence-corrected chi connectivity index (χ1v) is 16.6. The molecule has 0 amide bonds. The number of hydrogen-bond donors (Lipinski definition) is 0. The summed E-state index contributed by atoms with van der Waals surface area (Å²) < 4.78 is 270. The van der Waals surface area contributed by atoms with Gasteiger partial charge in [0.2, 0.25) is 11.6 Å². The molecule has 1 nitrogen and oxygen atoms in total. The molecule has 61 heavy (non-hydrogen) atoms. The summed E-state index contributed by atoms with van der Waals surface area (Å²) in [5, 5.41) is 0. The van der Waals surface area contributed by atoms with Gasteiger partial charge in [-0.3, -0.25) is 4.90 Å². The van der Waals surface area contributed by atoms with E-state index in [1.165, 1.54) is 0 Å². The minimum absolute atomic E-state index is 0.170. The molecule has 0 aliphatic carbocycles. The normalized spacial score (nSPS) is 11.4. The maximum absolute atomic E-state index is 16.1. The van der Waals surface area contributed by atoms with Crippen molar-refractivity contribution in [2.45, 2.75) is 0 Å². The first kappa shape index (κ1) is 42.2. The van der Waals surface area contributed by atoms with Gasteiger partial charge in [0.05, 0.1) is 22.3 Å². The summed E-state index contributed by atoms with van der Waals surface area (Å²) in [6.45, 7) is 0. The SMILES string of the molecule is Fc1c(F)c(F)c(-c2c(F)c(F)c(N(c3ccc(-c4ccc(-c5ccccc5)cc4)cc3)c3c(F)c(F)c(-c4c(F)c(F)c(F)c(F)c4F)c(F)c3F)c(F)c2F)c(F)c1F. The van der Waals surface area contributed by atoms with Crippen LogP contribution < -0.4 is 4.90 Å². The lowest BCUT2D eigenvalue weighted by atomic mass is 9.98. The maximum atomic E-state index is 16.1. The fraction of sp³-hybridized carbons (Fsp3) is 0. The zero-order valence-corrected chi connectivity index (χ0v) is 29.3. The number of anilines is 3. The Morgan fingerprint density at radius 2 is 0.426 bits per heavy atom. The number of benzene rings is 7. The number of halogens is 18. The summed E-state index contributed by atoms with van der Waals surface area (Å²) in [6.07, 6.45) is 0. The van der Waals surface area contributed by atoms with Crippen molar-refractivity contribution in [1.82, 2.24) is 0 Å². The van der Waals surface area contributed by atoms with E-state index in [1.54, 1.807) is 54.6 Å². The van der Waals surface area contributed by atoms with Crippen LogP contribution in [0.15, 0.2) is 78.9 Å². The molecule has 19 heteroatoms.